The van der Waals surface area contributed by atoms with Crippen molar-refractivity contribution in [2.24, 2.45) is 0 Å². The highest BCUT2D eigenvalue weighted by molar-refractivity contribution is 6.04. The van der Waals surface area contributed by atoms with Gasteiger partial charge in [-0.2, -0.15) is 5.26 Å². The van der Waals surface area contributed by atoms with E-state index in [1.807, 2.05) is 24.3 Å². The average Bonchev–Trinajstić information content (AvgIpc) is 2.64. The number of aromatic nitrogens is 2. The predicted octanol–water partition coefficient (Wildman–Crippen LogP) is 3.39. The third-order valence-electron chi connectivity index (χ3n) is 3.11. The van der Waals surface area contributed by atoms with Crippen molar-refractivity contribution in [2.45, 2.75) is 0 Å². The van der Waals surface area contributed by atoms with E-state index < -0.39 is 0 Å². The number of ether oxygens (including phenoxy) is 1. The van der Waals surface area contributed by atoms with Crippen LogP contribution in [0.2, 0.25) is 0 Å². The van der Waals surface area contributed by atoms with Gasteiger partial charge in [-0.15, -0.1) is 0 Å². The normalized spacial score (nSPS) is 9.79. The van der Waals surface area contributed by atoms with Gasteiger partial charge in [-0.25, -0.2) is 9.97 Å². The lowest BCUT2D eigenvalue weighted by Gasteiger charge is -2.06. The Morgan fingerprint density at radius 3 is 2.29 bits per heavy atom. The van der Waals surface area contributed by atoms with Crippen molar-refractivity contribution < 1.29 is 9.53 Å². The number of hydrogen-bond donors (Lipinski definition) is 1. The van der Waals surface area contributed by atoms with Crippen LogP contribution < -0.4 is 10.1 Å². The first-order chi connectivity index (χ1) is 11.7. The van der Waals surface area contributed by atoms with Crippen LogP contribution >= 0.6 is 0 Å². The van der Waals surface area contributed by atoms with Gasteiger partial charge in [0.05, 0.1) is 29.7 Å². The van der Waals surface area contributed by atoms with Crippen LogP contribution in [0.25, 0.3) is 0 Å². The molecule has 0 aliphatic carbocycles. The number of rotatable bonds is 4. The van der Waals surface area contributed by atoms with Crippen molar-refractivity contribution in [1.29, 1.82) is 5.26 Å². The molecule has 24 heavy (non-hydrogen) atoms. The van der Waals surface area contributed by atoms with E-state index in [2.05, 4.69) is 15.3 Å². The number of nitrogens with zero attached hydrogens (tertiary/aromatic N) is 3. The van der Waals surface area contributed by atoms with E-state index in [-0.39, 0.29) is 11.9 Å². The molecule has 1 aromatic heterocycles. The van der Waals surface area contributed by atoms with Crippen molar-refractivity contribution in [3.05, 3.63) is 78.1 Å². The quantitative estimate of drug-likeness (QED) is 0.797. The number of nitriles is 1. The smallest absolute Gasteiger partial charge is 0.322 e. The van der Waals surface area contributed by atoms with Crippen molar-refractivity contribution in [2.75, 3.05) is 5.32 Å². The fraction of sp³-hybridized carbons (Fsp3) is 0. The maximum Gasteiger partial charge on any atom is 0.322 e. The second-order valence-electron chi connectivity index (χ2n) is 4.81. The van der Waals surface area contributed by atoms with E-state index in [4.69, 9.17) is 10.00 Å². The predicted molar refractivity (Wildman–Crippen MR) is 87.7 cm³/mol. The van der Waals surface area contributed by atoms with Gasteiger partial charge in [-0.1, -0.05) is 18.2 Å². The number of amides is 1. The Balaban J connectivity index is 1.65. The Morgan fingerprint density at radius 2 is 1.67 bits per heavy atom. The molecule has 0 unspecified atom stereocenters. The van der Waals surface area contributed by atoms with Gasteiger partial charge in [-0.3, -0.25) is 4.79 Å². The molecule has 0 aliphatic rings. The zero-order valence-electron chi connectivity index (χ0n) is 12.5. The van der Waals surface area contributed by atoms with Gasteiger partial charge < -0.3 is 10.1 Å². The third-order valence-corrected chi connectivity index (χ3v) is 3.11. The summed E-state index contributed by atoms with van der Waals surface area (Å²) in [6.07, 6.45) is 2.93. The molecule has 116 valence electrons. The van der Waals surface area contributed by atoms with E-state index in [0.717, 1.165) is 0 Å². The number of para-hydroxylation sites is 1. The van der Waals surface area contributed by atoms with Crippen LogP contribution in [0.3, 0.4) is 0 Å². The number of carbonyl (C=O) groups excluding carboxylic acids is 1. The molecule has 0 saturated heterocycles. The van der Waals surface area contributed by atoms with Gasteiger partial charge in [0.1, 0.15) is 5.75 Å². The molecular formula is C18H12N4O2. The lowest BCUT2D eigenvalue weighted by atomic mass is 10.1. The van der Waals surface area contributed by atoms with Gasteiger partial charge in [0.2, 0.25) is 0 Å². The largest absolute Gasteiger partial charge is 0.424 e. The maximum atomic E-state index is 12.1. The number of anilines is 1. The molecule has 0 radical (unpaired) electrons. The molecular weight excluding hydrogens is 304 g/mol. The number of carbonyl (C=O) groups is 1. The highest BCUT2D eigenvalue weighted by atomic mass is 16.5. The van der Waals surface area contributed by atoms with Crippen LogP contribution in [0.4, 0.5) is 5.69 Å². The van der Waals surface area contributed by atoms with E-state index in [1.54, 1.807) is 36.4 Å². The Bertz CT molecular complexity index is 870. The van der Waals surface area contributed by atoms with Crippen molar-refractivity contribution >= 4 is 11.6 Å². The molecule has 0 bridgehead atoms. The fourth-order valence-electron chi connectivity index (χ4n) is 1.93. The minimum absolute atomic E-state index is 0.192. The monoisotopic (exact) mass is 316 g/mol. The van der Waals surface area contributed by atoms with Crippen LogP contribution in [-0.2, 0) is 0 Å². The molecule has 0 saturated carbocycles. The third kappa shape index (κ3) is 3.72. The van der Waals surface area contributed by atoms with Crippen LogP contribution in [0.1, 0.15) is 15.9 Å². The SMILES string of the molecule is N#Cc1ccc(C(=O)Nc2cnc(Oc3ccccc3)nc2)cc1. The minimum atomic E-state index is -0.306. The molecule has 1 heterocycles. The van der Waals surface area contributed by atoms with Crippen LogP contribution in [0.15, 0.2) is 67.0 Å². The van der Waals surface area contributed by atoms with E-state index in [9.17, 15) is 4.79 Å². The molecule has 0 spiro atoms. The Kier molecular flexibility index (Phi) is 4.45. The molecule has 6 nitrogen and oxygen atoms in total. The molecule has 1 amide bonds. The zero-order chi connectivity index (χ0) is 16.8. The van der Waals surface area contributed by atoms with Crippen LogP contribution in [0.5, 0.6) is 11.8 Å². The number of hydrogen-bond acceptors (Lipinski definition) is 5. The standard InChI is InChI=1S/C18H12N4O2/c19-10-13-6-8-14(9-7-13)17(23)22-15-11-20-18(21-12-15)24-16-4-2-1-3-5-16/h1-9,11-12H,(H,22,23). The van der Waals surface area contributed by atoms with Gasteiger partial charge in [-0.05, 0) is 36.4 Å². The summed E-state index contributed by atoms with van der Waals surface area (Å²) in [5.41, 5.74) is 1.39. The Labute approximate surface area is 138 Å². The summed E-state index contributed by atoms with van der Waals surface area (Å²) < 4.78 is 5.48. The highest BCUT2D eigenvalue weighted by Gasteiger charge is 2.07. The maximum absolute atomic E-state index is 12.1. The molecule has 0 aliphatic heterocycles. The fourth-order valence-corrected chi connectivity index (χ4v) is 1.93. The number of benzene rings is 2. The molecule has 2 aromatic carbocycles. The molecule has 1 N–H and O–H groups in total. The summed E-state index contributed by atoms with van der Waals surface area (Å²) in [4.78, 5) is 20.2. The summed E-state index contributed by atoms with van der Waals surface area (Å²) in [6.45, 7) is 0. The molecule has 0 atom stereocenters. The van der Waals surface area contributed by atoms with Crippen LogP contribution in [-0.4, -0.2) is 15.9 Å². The van der Waals surface area contributed by atoms with Crippen LogP contribution in [0, 0.1) is 11.3 Å². The Hall–Kier alpha value is -3.72. The summed E-state index contributed by atoms with van der Waals surface area (Å²) in [6, 6.07) is 17.7. The van der Waals surface area contributed by atoms with E-state index in [1.165, 1.54) is 12.4 Å². The molecule has 3 rings (SSSR count). The van der Waals surface area contributed by atoms with E-state index >= 15 is 0 Å². The summed E-state index contributed by atoms with van der Waals surface area (Å²) in [5.74, 6) is 0.326. The average molecular weight is 316 g/mol. The van der Waals surface area contributed by atoms with Gasteiger partial charge in [0.25, 0.3) is 5.91 Å². The van der Waals surface area contributed by atoms with Crippen molar-refractivity contribution in [3.63, 3.8) is 0 Å². The second-order valence-corrected chi connectivity index (χ2v) is 4.81. The van der Waals surface area contributed by atoms with Gasteiger partial charge in [0.15, 0.2) is 0 Å². The molecule has 0 fully saturated rings. The summed E-state index contributed by atoms with van der Waals surface area (Å²) in [5, 5.41) is 11.4. The van der Waals surface area contributed by atoms with Crippen molar-refractivity contribution in [1.82, 2.24) is 9.97 Å². The lowest BCUT2D eigenvalue weighted by molar-refractivity contribution is 0.102. The second kappa shape index (κ2) is 7.03. The van der Waals surface area contributed by atoms with Gasteiger partial charge >= 0.3 is 6.01 Å². The molecule has 3 aromatic rings. The molecule has 6 heteroatoms. The lowest BCUT2D eigenvalue weighted by Crippen LogP contribution is -2.12. The summed E-state index contributed by atoms with van der Waals surface area (Å²) in [7, 11) is 0. The van der Waals surface area contributed by atoms with Gasteiger partial charge in [0, 0.05) is 5.56 Å². The summed E-state index contributed by atoms with van der Waals surface area (Å²) >= 11 is 0. The first-order valence-corrected chi connectivity index (χ1v) is 7.11. The minimum Gasteiger partial charge on any atom is -0.424 e. The zero-order valence-corrected chi connectivity index (χ0v) is 12.5. The first-order valence-electron chi connectivity index (χ1n) is 7.11. The van der Waals surface area contributed by atoms with Crippen molar-refractivity contribution in [3.8, 4) is 17.8 Å². The number of nitrogens with one attached hydrogen (secondary N) is 1. The topological polar surface area (TPSA) is 87.9 Å². The Morgan fingerprint density at radius 1 is 1.00 bits per heavy atom. The first kappa shape index (κ1) is 15.2. The highest BCUT2D eigenvalue weighted by Crippen LogP contribution is 2.17. The van der Waals surface area contributed by atoms with E-state index in [0.29, 0.717) is 22.6 Å².